The molecule has 7 heteroatoms. The molecule has 0 saturated carbocycles. The first-order valence-corrected chi connectivity index (χ1v) is 8.30. The minimum atomic E-state index is -0.833. The van der Waals surface area contributed by atoms with Crippen LogP contribution in [-0.4, -0.2) is 59.5 Å². The largest absolute Gasteiger partial charge is 0.480 e. The second-order valence-electron chi connectivity index (χ2n) is 5.81. The van der Waals surface area contributed by atoms with E-state index >= 15 is 0 Å². The van der Waals surface area contributed by atoms with E-state index in [0.717, 1.165) is 19.3 Å². The Hall–Kier alpha value is -1.30. The SMILES string of the molecule is CN(CC(=O)O)[C@@H]1CCCN(C(=O)c2ccc(Cl)c(Cl)c2)CC1. The Morgan fingerprint density at radius 1 is 1.26 bits per heavy atom. The van der Waals surface area contributed by atoms with Crippen molar-refractivity contribution < 1.29 is 14.7 Å². The van der Waals surface area contributed by atoms with Gasteiger partial charge in [-0.1, -0.05) is 23.2 Å². The first-order valence-electron chi connectivity index (χ1n) is 7.55. The first kappa shape index (κ1) is 18.0. The molecular weight excluding hydrogens is 339 g/mol. The maximum absolute atomic E-state index is 12.6. The Kier molecular flexibility index (Phi) is 6.27. The molecule has 1 fully saturated rings. The fourth-order valence-electron chi connectivity index (χ4n) is 2.88. The van der Waals surface area contributed by atoms with Crippen molar-refractivity contribution in [3.8, 4) is 0 Å². The fraction of sp³-hybridized carbons (Fsp3) is 0.500. The van der Waals surface area contributed by atoms with Crippen molar-refractivity contribution in [1.82, 2.24) is 9.80 Å². The lowest BCUT2D eigenvalue weighted by atomic mass is 10.1. The second-order valence-corrected chi connectivity index (χ2v) is 6.63. The highest BCUT2D eigenvalue weighted by atomic mass is 35.5. The quantitative estimate of drug-likeness (QED) is 0.898. The summed E-state index contributed by atoms with van der Waals surface area (Å²) in [4.78, 5) is 27.1. The highest BCUT2D eigenvalue weighted by Crippen LogP contribution is 2.24. The van der Waals surface area contributed by atoms with E-state index in [0.29, 0.717) is 28.7 Å². The van der Waals surface area contributed by atoms with Crippen LogP contribution in [0.3, 0.4) is 0 Å². The number of rotatable bonds is 4. The predicted molar refractivity (Wildman–Crippen MR) is 90.3 cm³/mol. The molecule has 1 N–H and O–H groups in total. The number of nitrogens with zero attached hydrogens (tertiary/aromatic N) is 2. The van der Waals surface area contributed by atoms with Crippen molar-refractivity contribution in [1.29, 1.82) is 0 Å². The zero-order valence-corrected chi connectivity index (χ0v) is 14.5. The molecule has 1 saturated heterocycles. The summed E-state index contributed by atoms with van der Waals surface area (Å²) < 4.78 is 0. The van der Waals surface area contributed by atoms with Gasteiger partial charge >= 0.3 is 5.97 Å². The number of benzene rings is 1. The molecule has 0 spiro atoms. The average molecular weight is 359 g/mol. The summed E-state index contributed by atoms with van der Waals surface area (Å²) in [6.07, 6.45) is 2.49. The van der Waals surface area contributed by atoms with Crippen molar-refractivity contribution in [2.24, 2.45) is 0 Å². The highest BCUT2D eigenvalue weighted by Gasteiger charge is 2.24. The molecular formula is C16H20Cl2N2O3. The van der Waals surface area contributed by atoms with Gasteiger partial charge in [0.25, 0.3) is 5.91 Å². The van der Waals surface area contributed by atoms with E-state index in [1.165, 1.54) is 0 Å². The van der Waals surface area contributed by atoms with Crippen LogP contribution in [-0.2, 0) is 4.79 Å². The van der Waals surface area contributed by atoms with E-state index < -0.39 is 5.97 Å². The Morgan fingerprint density at radius 2 is 2.00 bits per heavy atom. The molecule has 1 aliphatic rings. The van der Waals surface area contributed by atoms with Gasteiger partial charge in [0.15, 0.2) is 0 Å². The maximum atomic E-state index is 12.6. The van der Waals surface area contributed by atoms with Gasteiger partial charge in [0.2, 0.25) is 0 Å². The van der Waals surface area contributed by atoms with E-state index in [1.807, 2.05) is 11.9 Å². The summed E-state index contributed by atoms with van der Waals surface area (Å²) in [6.45, 7) is 1.29. The van der Waals surface area contributed by atoms with Crippen LogP contribution in [0.4, 0.5) is 0 Å². The monoisotopic (exact) mass is 358 g/mol. The third-order valence-electron chi connectivity index (χ3n) is 4.16. The number of hydrogen-bond acceptors (Lipinski definition) is 3. The topological polar surface area (TPSA) is 60.9 Å². The molecule has 1 aliphatic heterocycles. The molecule has 1 amide bonds. The number of carbonyl (C=O) groups excluding carboxylic acids is 1. The second kappa shape index (κ2) is 7.99. The van der Waals surface area contributed by atoms with Crippen LogP contribution in [0.1, 0.15) is 29.6 Å². The van der Waals surface area contributed by atoms with Gasteiger partial charge in [0.05, 0.1) is 16.6 Å². The zero-order valence-electron chi connectivity index (χ0n) is 13.0. The van der Waals surface area contributed by atoms with Crippen LogP contribution in [0.5, 0.6) is 0 Å². The van der Waals surface area contributed by atoms with Crippen molar-refractivity contribution >= 4 is 35.1 Å². The van der Waals surface area contributed by atoms with Crippen LogP contribution in [0.25, 0.3) is 0 Å². The third-order valence-corrected chi connectivity index (χ3v) is 4.90. The zero-order chi connectivity index (χ0) is 17.0. The van der Waals surface area contributed by atoms with E-state index in [1.54, 1.807) is 23.1 Å². The van der Waals surface area contributed by atoms with Gasteiger partial charge in [-0.25, -0.2) is 0 Å². The van der Waals surface area contributed by atoms with Gasteiger partial charge in [-0.2, -0.15) is 0 Å². The number of carbonyl (C=O) groups is 2. The third kappa shape index (κ3) is 4.83. The van der Waals surface area contributed by atoms with Gasteiger partial charge in [0, 0.05) is 24.7 Å². The van der Waals surface area contributed by atoms with Crippen molar-refractivity contribution in [3.63, 3.8) is 0 Å². The molecule has 126 valence electrons. The van der Waals surface area contributed by atoms with Gasteiger partial charge in [-0.3, -0.25) is 14.5 Å². The number of amides is 1. The van der Waals surface area contributed by atoms with Gasteiger partial charge in [-0.05, 0) is 44.5 Å². The molecule has 0 unspecified atom stereocenters. The summed E-state index contributed by atoms with van der Waals surface area (Å²) in [6, 6.07) is 5.07. The molecule has 1 aromatic rings. The molecule has 1 heterocycles. The number of likely N-dealkylation sites (tertiary alicyclic amines) is 1. The Balaban J connectivity index is 2.00. The lowest BCUT2D eigenvalue weighted by molar-refractivity contribution is -0.138. The van der Waals surface area contributed by atoms with E-state index in [-0.39, 0.29) is 18.5 Å². The van der Waals surface area contributed by atoms with Gasteiger partial charge in [0.1, 0.15) is 0 Å². The molecule has 5 nitrogen and oxygen atoms in total. The minimum Gasteiger partial charge on any atom is -0.480 e. The van der Waals surface area contributed by atoms with E-state index in [4.69, 9.17) is 28.3 Å². The number of carboxylic acid groups (broad SMARTS) is 1. The normalized spacial score (nSPS) is 18.8. The molecule has 2 rings (SSSR count). The summed E-state index contributed by atoms with van der Waals surface area (Å²) in [5.41, 5.74) is 0.525. The van der Waals surface area contributed by atoms with Crippen molar-refractivity contribution in [3.05, 3.63) is 33.8 Å². The highest BCUT2D eigenvalue weighted by molar-refractivity contribution is 6.42. The Labute approximate surface area is 145 Å². The van der Waals surface area contributed by atoms with Crippen molar-refractivity contribution in [2.45, 2.75) is 25.3 Å². The number of hydrogen-bond donors (Lipinski definition) is 1. The predicted octanol–water partition coefficient (Wildman–Crippen LogP) is 3.00. The van der Waals surface area contributed by atoms with Crippen LogP contribution in [0.2, 0.25) is 10.0 Å². The van der Waals surface area contributed by atoms with Gasteiger partial charge < -0.3 is 10.0 Å². The molecule has 0 radical (unpaired) electrons. The summed E-state index contributed by atoms with van der Waals surface area (Å²) in [7, 11) is 1.81. The number of likely N-dealkylation sites (N-methyl/N-ethyl adjacent to an activating group) is 1. The number of carboxylic acids is 1. The first-order chi connectivity index (χ1) is 10.9. The smallest absolute Gasteiger partial charge is 0.317 e. The van der Waals surface area contributed by atoms with Crippen LogP contribution in [0, 0.1) is 0 Å². The van der Waals surface area contributed by atoms with Crippen LogP contribution in [0.15, 0.2) is 18.2 Å². The summed E-state index contributed by atoms with van der Waals surface area (Å²) >= 11 is 11.9. The van der Waals surface area contributed by atoms with E-state index in [2.05, 4.69) is 0 Å². The van der Waals surface area contributed by atoms with E-state index in [9.17, 15) is 9.59 Å². The standard InChI is InChI=1S/C16H20Cl2N2O3/c1-19(10-15(21)22)12-3-2-7-20(8-6-12)16(23)11-4-5-13(17)14(18)9-11/h4-5,9,12H,2-3,6-8,10H2,1H3,(H,21,22)/t12-/m1/s1. The van der Waals surface area contributed by atoms with Gasteiger partial charge in [-0.15, -0.1) is 0 Å². The Bertz CT molecular complexity index is 595. The number of aliphatic carboxylic acids is 1. The van der Waals surface area contributed by atoms with Crippen molar-refractivity contribution in [2.75, 3.05) is 26.7 Å². The summed E-state index contributed by atoms with van der Waals surface area (Å²) in [5.74, 6) is -0.898. The van der Waals surface area contributed by atoms with Crippen LogP contribution < -0.4 is 0 Å². The lowest BCUT2D eigenvalue weighted by Gasteiger charge is -2.25. The lowest BCUT2D eigenvalue weighted by Crippen LogP contribution is -2.37. The molecule has 0 bridgehead atoms. The average Bonchev–Trinajstić information content (AvgIpc) is 2.74. The summed E-state index contributed by atoms with van der Waals surface area (Å²) in [5, 5.41) is 9.69. The molecule has 1 aromatic carbocycles. The van der Waals surface area contributed by atoms with Crippen LogP contribution >= 0.6 is 23.2 Å². The maximum Gasteiger partial charge on any atom is 0.317 e. The minimum absolute atomic E-state index is 0.0193. The molecule has 0 aromatic heterocycles. The molecule has 1 atom stereocenters. The Morgan fingerprint density at radius 3 is 2.65 bits per heavy atom. The number of halogens is 2. The fourth-order valence-corrected chi connectivity index (χ4v) is 3.17. The molecule has 0 aliphatic carbocycles. The molecule has 23 heavy (non-hydrogen) atoms.